The van der Waals surface area contributed by atoms with Crippen LogP contribution < -0.4 is 5.32 Å². The topological polar surface area (TPSA) is 58.6 Å². The lowest BCUT2D eigenvalue weighted by atomic mass is 10.2. The number of aromatic hydroxyl groups is 1. The Hall–Kier alpha value is -1.07. The number of halogens is 1. The third-order valence-corrected chi connectivity index (χ3v) is 3.27. The molecule has 0 unspecified atom stereocenters. The molecule has 0 aromatic heterocycles. The predicted octanol–water partition coefficient (Wildman–Crippen LogP) is 3.09. The smallest absolute Gasteiger partial charge is 0.251 e. The number of amides is 1. The molecule has 0 heterocycles. The maximum atomic E-state index is 11.8. The summed E-state index contributed by atoms with van der Waals surface area (Å²) in [7, 11) is 0. The molecule has 5 heteroatoms. The van der Waals surface area contributed by atoms with Gasteiger partial charge in [0.25, 0.3) is 5.91 Å². The third kappa shape index (κ3) is 6.07. The van der Waals surface area contributed by atoms with E-state index in [-0.39, 0.29) is 11.7 Å². The van der Waals surface area contributed by atoms with Gasteiger partial charge in [-0.15, -0.1) is 0 Å². The molecule has 2 N–H and O–H groups in total. The van der Waals surface area contributed by atoms with Gasteiger partial charge in [-0.05, 0) is 47.0 Å². The molecule has 4 nitrogen and oxygen atoms in total. The molecule has 1 rings (SSSR count). The summed E-state index contributed by atoms with van der Waals surface area (Å²) in [6, 6.07) is 4.76. The predicted molar refractivity (Wildman–Crippen MR) is 78.5 cm³/mol. The van der Waals surface area contributed by atoms with Gasteiger partial charge in [0, 0.05) is 25.3 Å². The fourth-order valence-electron chi connectivity index (χ4n) is 1.48. The second-order valence-corrected chi connectivity index (χ2v) is 5.10. The van der Waals surface area contributed by atoms with Crippen LogP contribution in [-0.4, -0.2) is 30.8 Å². The first-order chi connectivity index (χ1) is 9.15. The van der Waals surface area contributed by atoms with E-state index in [1.54, 1.807) is 12.1 Å². The second-order valence-electron chi connectivity index (χ2n) is 4.24. The number of hydrogen-bond acceptors (Lipinski definition) is 3. The van der Waals surface area contributed by atoms with E-state index in [1.165, 1.54) is 6.07 Å². The van der Waals surface area contributed by atoms with E-state index >= 15 is 0 Å². The summed E-state index contributed by atoms with van der Waals surface area (Å²) in [4.78, 5) is 11.8. The molecular formula is C14H20BrNO3. The lowest BCUT2D eigenvalue weighted by molar-refractivity contribution is 0.0940. The van der Waals surface area contributed by atoms with Gasteiger partial charge in [-0.25, -0.2) is 0 Å². The Morgan fingerprint density at radius 2 is 2.11 bits per heavy atom. The van der Waals surface area contributed by atoms with Crippen molar-refractivity contribution < 1.29 is 14.6 Å². The quantitative estimate of drug-likeness (QED) is 0.720. The number of hydrogen-bond donors (Lipinski definition) is 2. The Bertz CT molecular complexity index is 410. The van der Waals surface area contributed by atoms with Crippen molar-refractivity contribution in [3.05, 3.63) is 28.2 Å². The van der Waals surface area contributed by atoms with Crippen molar-refractivity contribution in [3.63, 3.8) is 0 Å². The molecule has 0 atom stereocenters. The van der Waals surface area contributed by atoms with Crippen molar-refractivity contribution in [2.24, 2.45) is 0 Å². The molecule has 0 aliphatic carbocycles. The van der Waals surface area contributed by atoms with Gasteiger partial charge >= 0.3 is 0 Å². The molecule has 0 saturated heterocycles. The van der Waals surface area contributed by atoms with Crippen LogP contribution >= 0.6 is 15.9 Å². The maximum absolute atomic E-state index is 11.8. The summed E-state index contributed by atoms with van der Waals surface area (Å²) >= 11 is 3.17. The molecule has 106 valence electrons. The highest BCUT2D eigenvalue weighted by Gasteiger charge is 2.07. The van der Waals surface area contributed by atoms with Crippen molar-refractivity contribution in [2.45, 2.75) is 26.2 Å². The Labute approximate surface area is 122 Å². The van der Waals surface area contributed by atoms with Crippen molar-refractivity contribution in [2.75, 3.05) is 19.8 Å². The third-order valence-electron chi connectivity index (χ3n) is 2.60. The first kappa shape index (κ1) is 16.0. The summed E-state index contributed by atoms with van der Waals surface area (Å²) in [6.07, 6.45) is 2.99. The van der Waals surface area contributed by atoms with E-state index in [2.05, 4.69) is 28.2 Å². The van der Waals surface area contributed by atoms with Crippen LogP contribution in [0.1, 0.15) is 36.5 Å². The molecule has 0 aliphatic heterocycles. The molecule has 1 aromatic rings. The number of ether oxygens (including phenoxy) is 1. The standard InChI is InChI=1S/C14H20BrNO3/c1-2-3-8-19-9-4-7-16-14(18)11-5-6-12(15)13(17)10-11/h5-6,10,17H,2-4,7-9H2,1H3,(H,16,18). The summed E-state index contributed by atoms with van der Waals surface area (Å²) in [5, 5.41) is 12.3. The minimum Gasteiger partial charge on any atom is -0.507 e. The zero-order valence-electron chi connectivity index (χ0n) is 11.1. The summed E-state index contributed by atoms with van der Waals surface area (Å²) in [6.45, 7) is 4.13. The van der Waals surface area contributed by atoms with Crippen LogP contribution in [-0.2, 0) is 4.74 Å². The molecule has 0 bridgehead atoms. The fourth-order valence-corrected chi connectivity index (χ4v) is 1.73. The molecule has 0 saturated carbocycles. The van der Waals surface area contributed by atoms with Crippen molar-refractivity contribution >= 4 is 21.8 Å². The molecule has 0 radical (unpaired) electrons. The number of nitrogens with one attached hydrogen (secondary N) is 1. The Kier molecular flexibility index (Phi) is 7.52. The Balaban J connectivity index is 2.22. The number of benzene rings is 1. The highest BCUT2D eigenvalue weighted by molar-refractivity contribution is 9.10. The van der Waals surface area contributed by atoms with E-state index in [9.17, 15) is 9.90 Å². The van der Waals surface area contributed by atoms with E-state index < -0.39 is 0 Å². The van der Waals surface area contributed by atoms with Crippen LogP contribution in [0.15, 0.2) is 22.7 Å². The molecule has 0 aliphatic rings. The number of phenolic OH excluding ortho intramolecular Hbond substituents is 1. The highest BCUT2D eigenvalue weighted by Crippen LogP contribution is 2.24. The van der Waals surface area contributed by atoms with Crippen LogP contribution in [0.3, 0.4) is 0 Å². The second kappa shape index (κ2) is 8.93. The van der Waals surface area contributed by atoms with Crippen LogP contribution in [0, 0.1) is 0 Å². The molecule has 1 amide bonds. The minimum atomic E-state index is -0.184. The average Bonchev–Trinajstić information content (AvgIpc) is 2.40. The highest BCUT2D eigenvalue weighted by atomic mass is 79.9. The summed E-state index contributed by atoms with van der Waals surface area (Å²) < 4.78 is 5.98. The van der Waals surface area contributed by atoms with E-state index in [0.717, 1.165) is 25.9 Å². The van der Waals surface area contributed by atoms with Gasteiger partial charge in [0.05, 0.1) is 4.47 Å². The number of carbonyl (C=O) groups is 1. The SMILES string of the molecule is CCCCOCCCNC(=O)c1ccc(Br)c(O)c1. The average molecular weight is 330 g/mol. The lowest BCUT2D eigenvalue weighted by Gasteiger charge is -2.07. The largest absolute Gasteiger partial charge is 0.507 e. The Morgan fingerprint density at radius 1 is 1.37 bits per heavy atom. The van der Waals surface area contributed by atoms with Gasteiger partial charge < -0.3 is 15.2 Å². The van der Waals surface area contributed by atoms with Crippen LogP contribution in [0.25, 0.3) is 0 Å². The van der Waals surface area contributed by atoms with Gasteiger partial charge in [0.15, 0.2) is 0 Å². The molecule has 1 aromatic carbocycles. The van der Waals surface area contributed by atoms with E-state index in [1.807, 2.05) is 0 Å². The monoisotopic (exact) mass is 329 g/mol. The van der Waals surface area contributed by atoms with Gasteiger partial charge in [-0.3, -0.25) is 4.79 Å². The maximum Gasteiger partial charge on any atom is 0.251 e. The fraction of sp³-hybridized carbons (Fsp3) is 0.500. The first-order valence-electron chi connectivity index (χ1n) is 6.49. The number of unbranched alkanes of at least 4 members (excludes halogenated alkanes) is 1. The zero-order valence-corrected chi connectivity index (χ0v) is 12.7. The van der Waals surface area contributed by atoms with Crippen molar-refractivity contribution in [1.82, 2.24) is 5.32 Å². The van der Waals surface area contributed by atoms with Crippen LogP contribution in [0.5, 0.6) is 5.75 Å². The van der Waals surface area contributed by atoms with Gasteiger partial charge in [-0.2, -0.15) is 0 Å². The number of phenols is 1. The zero-order chi connectivity index (χ0) is 14.1. The van der Waals surface area contributed by atoms with Crippen molar-refractivity contribution in [1.29, 1.82) is 0 Å². The normalized spacial score (nSPS) is 10.4. The van der Waals surface area contributed by atoms with E-state index in [4.69, 9.17) is 4.74 Å². The molecular weight excluding hydrogens is 310 g/mol. The van der Waals surface area contributed by atoms with Crippen LogP contribution in [0.2, 0.25) is 0 Å². The minimum absolute atomic E-state index is 0.0653. The van der Waals surface area contributed by atoms with Gasteiger partial charge in [0.1, 0.15) is 5.75 Å². The Morgan fingerprint density at radius 3 is 2.79 bits per heavy atom. The summed E-state index contributed by atoms with van der Waals surface area (Å²) in [5.41, 5.74) is 0.451. The first-order valence-corrected chi connectivity index (χ1v) is 7.29. The van der Waals surface area contributed by atoms with Crippen molar-refractivity contribution in [3.8, 4) is 5.75 Å². The molecule has 0 spiro atoms. The molecule has 0 fully saturated rings. The van der Waals surface area contributed by atoms with Gasteiger partial charge in [-0.1, -0.05) is 13.3 Å². The van der Waals surface area contributed by atoms with Gasteiger partial charge in [0.2, 0.25) is 0 Å². The number of rotatable bonds is 8. The summed E-state index contributed by atoms with van der Waals surface area (Å²) in [5.74, 6) is -0.119. The lowest BCUT2D eigenvalue weighted by Crippen LogP contribution is -2.25. The van der Waals surface area contributed by atoms with Crippen LogP contribution in [0.4, 0.5) is 0 Å². The number of carbonyl (C=O) groups excluding carboxylic acids is 1. The molecule has 19 heavy (non-hydrogen) atoms. The van der Waals surface area contributed by atoms with E-state index in [0.29, 0.717) is 23.2 Å².